The number of rotatable bonds is 9. The minimum absolute atomic E-state index is 0.0350. The van der Waals surface area contributed by atoms with Crippen LogP contribution in [0.15, 0.2) is 54.6 Å². The molecule has 0 bridgehead atoms. The van der Waals surface area contributed by atoms with Crippen LogP contribution < -0.4 is 29.9 Å². The zero-order valence-electron chi connectivity index (χ0n) is 34.0. The number of piperazine rings is 1. The zero-order chi connectivity index (χ0) is 41.7. The van der Waals surface area contributed by atoms with Crippen LogP contribution in [0.5, 0.6) is 11.5 Å². The third kappa shape index (κ3) is 7.77. The Balaban J connectivity index is 0.824. The summed E-state index contributed by atoms with van der Waals surface area (Å²) >= 11 is 0. The maximum absolute atomic E-state index is 15.5. The number of aromatic amines is 1. The predicted molar refractivity (Wildman–Crippen MR) is 222 cm³/mol. The fraction of sp³-hybridized carbons (Fsp3) is 0.489. The lowest BCUT2D eigenvalue weighted by Gasteiger charge is -2.47. The number of amides is 3. The Hall–Kier alpha value is -5.28. The number of ether oxygens (including phenoxy) is 2. The molecule has 3 N–H and O–H groups in total. The number of imide groups is 1. The normalized spacial score (nSPS) is 24.0. The summed E-state index contributed by atoms with van der Waals surface area (Å²) in [5, 5.41) is 5.99. The lowest BCUT2D eigenvalue weighted by atomic mass is 9.88. The Morgan fingerprint density at radius 3 is 2.65 bits per heavy atom. The topological polar surface area (TPSA) is 122 Å². The molecule has 3 fully saturated rings. The molecular weight excluding hydrogens is 776 g/mol. The van der Waals surface area contributed by atoms with Crippen LogP contribution in [0.25, 0.3) is 10.9 Å². The lowest BCUT2D eigenvalue weighted by Crippen LogP contribution is -2.58. The molecule has 60 heavy (non-hydrogen) atoms. The molecule has 6 heterocycles. The van der Waals surface area contributed by atoms with Crippen LogP contribution in [0, 0.1) is 11.7 Å². The van der Waals surface area contributed by atoms with Crippen molar-refractivity contribution in [3.63, 3.8) is 0 Å². The molecule has 1 aromatic heterocycles. The molecule has 5 aliphatic rings. The van der Waals surface area contributed by atoms with E-state index in [2.05, 4.69) is 54.6 Å². The monoisotopic (exact) mass is 827 g/mol. The van der Waals surface area contributed by atoms with Crippen LogP contribution in [-0.4, -0.2) is 117 Å². The number of alkyl halides is 2. The van der Waals surface area contributed by atoms with E-state index in [4.69, 9.17) is 9.47 Å². The van der Waals surface area contributed by atoms with Crippen molar-refractivity contribution in [3.05, 3.63) is 82.8 Å². The van der Waals surface area contributed by atoms with Crippen molar-refractivity contribution >= 4 is 40.0 Å². The summed E-state index contributed by atoms with van der Waals surface area (Å²) < 4.78 is 55.7. The van der Waals surface area contributed by atoms with Gasteiger partial charge >= 0.3 is 0 Å². The maximum Gasteiger partial charge on any atom is 0.255 e. The average Bonchev–Trinajstić information content (AvgIpc) is 3.52. The molecule has 0 saturated carbocycles. The van der Waals surface area contributed by atoms with Crippen molar-refractivity contribution < 1.29 is 37.0 Å². The molecule has 3 saturated heterocycles. The molecule has 318 valence electrons. The number of methoxy groups -OCH3 is 1. The number of hydrogen-bond acceptors (Lipinski definition) is 9. The van der Waals surface area contributed by atoms with Crippen molar-refractivity contribution in [2.24, 2.45) is 5.92 Å². The Morgan fingerprint density at radius 1 is 1.03 bits per heavy atom. The van der Waals surface area contributed by atoms with E-state index >= 15 is 4.39 Å². The van der Waals surface area contributed by atoms with Gasteiger partial charge in [0, 0.05) is 91.7 Å². The molecule has 3 aromatic carbocycles. The summed E-state index contributed by atoms with van der Waals surface area (Å²) in [6, 6.07) is 15.8. The highest BCUT2D eigenvalue weighted by molar-refractivity contribution is 6.03. The van der Waals surface area contributed by atoms with E-state index < -0.39 is 36.1 Å². The molecule has 4 aromatic rings. The van der Waals surface area contributed by atoms with E-state index in [-0.39, 0.29) is 36.5 Å². The molecule has 9 rings (SSSR count). The van der Waals surface area contributed by atoms with Crippen molar-refractivity contribution in [1.82, 2.24) is 25.4 Å². The average molecular weight is 828 g/mol. The number of nitrogens with zero attached hydrogens (tertiary/aromatic N) is 4. The first-order valence-electron chi connectivity index (χ1n) is 21.2. The van der Waals surface area contributed by atoms with Gasteiger partial charge in [-0.3, -0.25) is 29.5 Å². The van der Waals surface area contributed by atoms with Gasteiger partial charge in [0.25, 0.3) is 12.3 Å². The Labute approximate surface area is 347 Å². The number of carbonyl (C=O) groups excluding carboxylic acids is 3. The van der Waals surface area contributed by atoms with E-state index in [1.807, 2.05) is 30.0 Å². The molecule has 3 amide bonds. The van der Waals surface area contributed by atoms with Crippen LogP contribution in [0.1, 0.15) is 72.2 Å². The fourth-order valence-corrected chi connectivity index (χ4v) is 10.2. The van der Waals surface area contributed by atoms with Crippen molar-refractivity contribution in [2.45, 2.75) is 76.0 Å². The third-order valence-electron chi connectivity index (χ3n) is 13.3. The molecule has 4 atom stereocenters. The molecule has 0 unspecified atom stereocenters. The maximum atomic E-state index is 15.5. The van der Waals surface area contributed by atoms with Gasteiger partial charge in [-0.15, -0.1) is 0 Å². The number of para-hydroxylation sites is 1. The fourth-order valence-electron chi connectivity index (χ4n) is 10.2. The SMILES string of the molecule is COc1cc(N2CCC(CN3CCN4c5cc(F)c(C(=O)N[C@H]6CCCC(=O)NC6=O)cc5OC[C@@H]4C3)CC2)ccc1[C@@H]1c2[nH]c3ccccc3c2C[C@@H](C)N1CC(F)F. The van der Waals surface area contributed by atoms with E-state index in [1.165, 1.54) is 17.7 Å². The highest BCUT2D eigenvalue weighted by Gasteiger charge is 2.39. The van der Waals surface area contributed by atoms with Gasteiger partial charge in [-0.1, -0.05) is 24.3 Å². The van der Waals surface area contributed by atoms with Crippen molar-refractivity contribution in [1.29, 1.82) is 0 Å². The van der Waals surface area contributed by atoms with Crippen molar-refractivity contribution in [2.75, 3.05) is 69.3 Å². The highest BCUT2D eigenvalue weighted by Crippen LogP contribution is 2.45. The number of benzene rings is 3. The Bertz CT molecular complexity index is 2280. The quantitative estimate of drug-likeness (QED) is 0.184. The van der Waals surface area contributed by atoms with Gasteiger partial charge < -0.3 is 29.6 Å². The highest BCUT2D eigenvalue weighted by atomic mass is 19.3. The van der Waals surface area contributed by atoms with Crippen LogP contribution in [-0.2, 0) is 16.0 Å². The number of carbonyl (C=O) groups is 3. The van der Waals surface area contributed by atoms with Crippen LogP contribution in [0.3, 0.4) is 0 Å². The number of aromatic nitrogens is 1. The van der Waals surface area contributed by atoms with E-state index in [1.54, 1.807) is 7.11 Å². The van der Waals surface area contributed by atoms with Gasteiger partial charge in [0.05, 0.1) is 37.0 Å². The van der Waals surface area contributed by atoms with Gasteiger partial charge in [0.1, 0.15) is 30.0 Å². The molecule has 0 radical (unpaired) electrons. The molecule has 12 nitrogen and oxygen atoms in total. The van der Waals surface area contributed by atoms with Crippen molar-refractivity contribution in [3.8, 4) is 11.5 Å². The van der Waals surface area contributed by atoms with Gasteiger partial charge in [-0.2, -0.15) is 0 Å². The molecule has 15 heteroatoms. The smallest absolute Gasteiger partial charge is 0.255 e. The number of H-pyrrole nitrogens is 1. The van der Waals surface area contributed by atoms with Crippen LogP contribution in [0.4, 0.5) is 24.5 Å². The minimum Gasteiger partial charge on any atom is -0.496 e. The van der Waals surface area contributed by atoms with Gasteiger partial charge in [-0.25, -0.2) is 13.2 Å². The second kappa shape index (κ2) is 16.6. The number of nitrogens with one attached hydrogen (secondary N) is 3. The summed E-state index contributed by atoms with van der Waals surface area (Å²) in [6.07, 6.45) is 1.19. The molecular formula is C45H52F3N7O5. The summed E-state index contributed by atoms with van der Waals surface area (Å²) in [5.41, 5.74) is 5.49. The summed E-state index contributed by atoms with van der Waals surface area (Å²) in [7, 11) is 1.65. The van der Waals surface area contributed by atoms with Gasteiger partial charge in [0.2, 0.25) is 11.8 Å². The summed E-state index contributed by atoms with van der Waals surface area (Å²) in [5.74, 6) is -0.755. The summed E-state index contributed by atoms with van der Waals surface area (Å²) in [4.78, 5) is 49.6. The third-order valence-corrected chi connectivity index (χ3v) is 13.3. The Morgan fingerprint density at radius 2 is 1.85 bits per heavy atom. The first-order valence-corrected chi connectivity index (χ1v) is 21.2. The van der Waals surface area contributed by atoms with E-state index in [9.17, 15) is 23.2 Å². The standard InChI is InChI=1S/C45H52F3N7O5/c1-26-18-32-30-6-3-4-7-35(30)49-42(32)43(55(26)24-40(47)48)31-11-10-28(19-38(31)59-2)53-14-12-27(13-15-53)22-52-16-17-54-29(23-52)25-60-39-20-33(34(46)21-37(39)54)44(57)50-36-8-5-9-41(56)51-45(36)58/h3-4,6-7,10-11,19-21,26-27,29,36,40,43,49H,5,8-9,12-18,22-25H2,1-2H3,(H,50,57)(H,51,56,58)/t26-,29+,36+,43-/m1/s1. The van der Waals surface area contributed by atoms with E-state index in [0.717, 1.165) is 73.4 Å². The molecule has 5 aliphatic heterocycles. The van der Waals surface area contributed by atoms with Crippen LogP contribution in [0.2, 0.25) is 0 Å². The van der Waals surface area contributed by atoms with Gasteiger partial charge in [0.15, 0.2) is 0 Å². The number of halogens is 3. The number of anilines is 2. The number of hydrogen-bond donors (Lipinski definition) is 3. The first-order chi connectivity index (χ1) is 29.0. The molecule has 0 aliphatic carbocycles. The largest absolute Gasteiger partial charge is 0.496 e. The second-order valence-electron chi connectivity index (χ2n) is 17.0. The minimum atomic E-state index is -2.47. The molecule has 0 spiro atoms. The first kappa shape index (κ1) is 40.1. The lowest BCUT2D eigenvalue weighted by molar-refractivity contribution is -0.130. The zero-order valence-corrected chi connectivity index (χ0v) is 34.0. The summed E-state index contributed by atoms with van der Waals surface area (Å²) in [6.45, 7) is 7.11. The number of piperidine rings is 1. The number of fused-ring (bicyclic) bond motifs is 6. The van der Waals surface area contributed by atoms with Gasteiger partial charge in [-0.05, 0) is 68.7 Å². The second-order valence-corrected chi connectivity index (χ2v) is 17.0. The van der Waals surface area contributed by atoms with E-state index in [0.29, 0.717) is 55.5 Å². The Kier molecular flexibility index (Phi) is 11.1. The predicted octanol–water partition coefficient (Wildman–Crippen LogP) is 5.64. The van der Waals surface area contributed by atoms with Crippen LogP contribution >= 0.6 is 0 Å².